The van der Waals surface area contributed by atoms with Crippen LogP contribution in [0.3, 0.4) is 0 Å². The second kappa shape index (κ2) is 24.8. The third-order valence-corrected chi connectivity index (χ3v) is 4.45. The van der Waals surface area contributed by atoms with Crippen LogP contribution in [0, 0.1) is 13.8 Å². The summed E-state index contributed by atoms with van der Waals surface area (Å²) in [4.78, 5) is 8.73. The molecule has 1 saturated heterocycles. The predicted octanol–water partition coefficient (Wildman–Crippen LogP) is 5.20. The van der Waals surface area contributed by atoms with Gasteiger partial charge in [-0.1, -0.05) is 27.7 Å². The number of likely N-dealkylation sites (N-methyl/N-ethyl adjacent to an activating group) is 3. The summed E-state index contributed by atoms with van der Waals surface area (Å²) >= 11 is 0. The van der Waals surface area contributed by atoms with E-state index < -0.39 is 6.10 Å². The average Bonchev–Trinajstić information content (AvgIpc) is 2.66. The summed E-state index contributed by atoms with van der Waals surface area (Å²) in [7, 11) is 6.26. The fourth-order valence-electron chi connectivity index (χ4n) is 2.41. The largest absolute Gasteiger partial charge is 3.00 e. The molecule has 2 heterocycles. The monoisotopic (exact) mass is 541 g/mol. The van der Waals surface area contributed by atoms with E-state index in [1.165, 1.54) is 50.1 Å². The normalized spacial score (nSPS) is 15.7. The van der Waals surface area contributed by atoms with E-state index in [2.05, 4.69) is 61.9 Å². The van der Waals surface area contributed by atoms with Crippen molar-refractivity contribution >= 4 is 0 Å². The summed E-state index contributed by atoms with van der Waals surface area (Å²) in [6.45, 7) is 16.0. The zero-order valence-electron chi connectivity index (χ0n) is 21.2. The van der Waals surface area contributed by atoms with Crippen LogP contribution in [0.5, 0.6) is 0 Å². The fourth-order valence-corrected chi connectivity index (χ4v) is 2.41. The summed E-state index contributed by atoms with van der Waals surface area (Å²) in [5, 5.41) is 21.0. The molecule has 0 aliphatic carbocycles. The Balaban J connectivity index is -0.000000174. The van der Waals surface area contributed by atoms with Crippen molar-refractivity contribution in [2.45, 2.75) is 74.0 Å². The van der Waals surface area contributed by atoms with Gasteiger partial charge in [0.15, 0.2) is 0 Å². The van der Waals surface area contributed by atoms with E-state index in [-0.39, 0.29) is 32.7 Å². The van der Waals surface area contributed by atoms with E-state index in [9.17, 15) is 0 Å². The van der Waals surface area contributed by atoms with Crippen LogP contribution in [-0.4, -0.2) is 84.5 Å². The van der Waals surface area contributed by atoms with Crippen molar-refractivity contribution in [2.24, 2.45) is 0 Å². The van der Waals surface area contributed by atoms with Gasteiger partial charge in [-0.2, -0.15) is 7.05 Å². The van der Waals surface area contributed by atoms with Crippen LogP contribution in [0.2, 0.25) is 0 Å². The quantitative estimate of drug-likeness (QED) is 0.383. The maximum Gasteiger partial charge on any atom is 3.00 e. The SMILES string of the molecule is C.CC(O)=CC(C)O.CCC.C[N-]CCN(C)CC1CCN1C.Cc1ccncc1C.[Ru+3]. The third-order valence-electron chi connectivity index (χ3n) is 4.45. The number of hydrogen-bond donors (Lipinski definition) is 2. The van der Waals surface area contributed by atoms with Gasteiger partial charge in [-0.25, -0.2) is 0 Å². The van der Waals surface area contributed by atoms with Gasteiger partial charge in [-0.3, -0.25) is 4.98 Å². The second-order valence-corrected chi connectivity index (χ2v) is 7.94. The summed E-state index contributed by atoms with van der Waals surface area (Å²) in [6, 6.07) is 2.81. The zero-order chi connectivity index (χ0) is 23.5. The first-order valence-electron chi connectivity index (χ1n) is 11.0. The molecule has 1 radical (unpaired) electrons. The van der Waals surface area contributed by atoms with Gasteiger partial charge in [0.25, 0.3) is 0 Å². The average molecular weight is 541 g/mol. The van der Waals surface area contributed by atoms with Crippen molar-refractivity contribution in [2.75, 3.05) is 47.3 Å². The van der Waals surface area contributed by atoms with Gasteiger partial charge in [0.2, 0.25) is 0 Å². The number of aromatic nitrogens is 1. The van der Waals surface area contributed by atoms with E-state index in [0.717, 1.165) is 19.1 Å². The molecule has 1 aromatic rings. The number of hydrogen-bond acceptors (Lipinski definition) is 5. The predicted molar refractivity (Wildman–Crippen MR) is 137 cm³/mol. The van der Waals surface area contributed by atoms with Crippen LogP contribution < -0.4 is 0 Å². The molecule has 0 bridgehead atoms. The number of nitrogens with zero attached hydrogens (tertiary/aromatic N) is 4. The number of allylic oxidation sites excluding steroid dienone is 1. The van der Waals surface area contributed by atoms with Crippen molar-refractivity contribution in [3.63, 3.8) is 0 Å². The summed E-state index contributed by atoms with van der Waals surface area (Å²) in [5.41, 5.74) is 2.56. The molecule has 0 aromatic carbocycles. The minimum Gasteiger partial charge on any atom is -0.664 e. The van der Waals surface area contributed by atoms with E-state index in [0.29, 0.717) is 0 Å². The number of pyridine rings is 1. The Morgan fingerprint density at radius 1 is 1.34 bits per heavy atom. The number of aryl methyl sites for hydroxylation is 2. The number of aliphatic hydroxyl groups excluding tert-OH is 2. The number of aliphatic hydroxyl groups is 2. The van der Waals surface area contributed by atoms with Gasteiger partial charge in [-0.15, -0.1) is 6.54 Å². The van der Waals surface area contributed by atoms with E-state index in [1.54, 1.807) is 6.92 Å². The molecule has 1 fully saturated rings. The Hall–Kier alpha value is -0.847. The molecule has 2 unspecified atom stereocenters. The zero-order valence-corrected chi connectivity index (χ0v) is 23.0. The Labute approximate surface area is 212 Å². The molecule has 1 aliphatic heterocycles. The molecule has 0 spiro atoms. The molecule has 1 aliphatic rings. The molecule has 2 atom stereocenters. The van der Waals surface area contributed by atoms with Crippen molar-refractivity contribution < 1.29 is 29.7 Å². The van der Waals surface area contributed by atoms with Crippen LogP contribution >= 0.6 is 0 Å². The van der Waals surface area contributed by atoms with E-state index in [1.807, 2.05) is 25.5 Å². The molecule has 2 rings (SSSR count). The first-order chi connectivity index (χ1) is 14.1. The van der Waals surface area contributed by atoms with Crippen LogP contribution in [0.1, 0.15) is 59.1 Å². The molecular formula is C25H51N4O2Ru+2. The number of likely N-dealkylation sites (tertiary alicyclic amines) is 1. The Morgan fingerprint density at radius 3 is 2.16 bits per heavy atom. The maximum atomic E-state index is 8.49. The van der Waals surface area contributed by atoms with Crippen LogP contribution in [0.4, 0.5) is 0 Å². The summed E-state index contributed by atoms with van der Waals surface area (Å²) in [6.07, 6.45) is 7.12. The van der Waals surface area contributed by atoms with E-state index in [4.69, 9.17) is 10.2 Å². The van der Waals surface area contributed by atoms with Gasteiger partial charge in [0.05, 0.1) is 11.9 Å². The van der Waals surface area contributed by atoms with Crippen molar-refractivity contribution in [3.05, 3.63) is 46.7 Å². The Bertz CT molecular complexity index is 531. The van der Waals surface area contributed by atoms with Crippen molar-refractivity contribution in [3.8, 4) is 0 Å². The third kappa shape index (κ3) is 23.8. The van der Waals surface area contributed by atoms with Gasteiger partial charge in [0, 0.05) is 25.0 Å². The molecule has 32 heavy (non-hydrogen) atoms. The van der Waals surface area contributed by atoms with Crippen molar-refractivity contribution in [1.29, 1.82) is 0 Å². The van der Waals surface area contributed by atoms with Crippen molar-refractivity contribution in [1.82, 2.24) is 14.8 Å². The van der Waals surface area contributed by atoms with Gasteiger partial charge < -0.3 is 25.3 Å². The standard InChI is InChI=1S/C9H20N3.C7H9N.C5H10O2.C3H8.CH4.Ru/c1-10-5-7-11(2)8-9-4-6-12(9)3;1-6-3-4-8-5-7(6)2;1-4(6)3-5(2)7;1-3-2;;/h9H,4-8H2,1-3H3;3-5H,1-2H3;3-4,6-7H,1-2H3;3H2,1-2H3;1H4;/q-1;;;;;+3. The maximum absolute atomic E-state index is 8.49. The molecular weight excluding hydrogens is 489 g/mol. The fraction of sp³-hybridized carbons (Fsp3) is 0.720. The second-order valence-electron chi connectivity index (χ2n) is 7.94. The first-order valence-corrected chi connectivity index (χ1v) is 11.0. The summed E-state index contributed by atoms with van der Waals surface area (Å²) < 4.78 is 0. The topological polar surface area (TPSA) is 73.9 Å². The molecule has 7 heteroatoms. The summed E-state index contributed by atoms with van der Waals surface area (Å²) in [5.74, 6) is 0.162. The smallest absolute Gasteiger partial charge is 0.664 e. The molecule has 6 nitrogen and oxygen atoms in total. The van der Waals surface area contributed by atoms with Gasteiger partial charge in [-0.05, 0) is 84.6 Å². The minimum absolute atomic E-state index is 0. The van der Waals surface area contributed by atoms with Crippen LogP contribution in [-0.2, 0) is 19.5 Å². The molecule has 0 saturated carbocycles. The Morgan fingerprint density at radius 2 is 1.91 bits per heavy atom. The van der Waals surface area contributed by atoms with Gasteiger partial charge in [0.1, 0.15) is 0 Å². The minimum atomic E-state index is -0.537. The molecule has 2 N–H and O–H groups in total. The molecule has 1 aromatic heterocycles. The van der Waals surface area contributed by atoms with Gasteiger partial charge >= 0.3 is 19.5 Å². The Kier molecular flexibility index (Phi) is 29.8. The van der Waals surface area contributed by atoms with Crippen LogP contribution in [0.25, 0.3) is 5.32 Å². The van der Waals surface area contributed by atoms with E-state index >= 15 is 0 Å². The first kappa shape index (κ1) is 38.4. The van der Waals surface area contributed by atoms with Crippen LogP contribution in [0.15, 0.2) is 30.3 Å². The molecule has 189 valence electrons. The molecule has 0 amide bonds. The number of rotatable bonds is 6.